The van der Waals surface area contributed by atoms with E-state index >= 15 is 0 Å². The number of halogens is 3. The average molecular weight is 354 g/mol. The van der Waals surface area contributed by atoms with E-state index in [0.29, 0.717) is 6.07 Å². The first-order chi connectivity index (χ1) is 8.88. The Morgan fingerprint density at radius 3 is 2.58 bits per heavy atom. The van der Waals surface area contributed by atoms with Crippen LogP contribution in [0.4, 0.5) is 8.78 Å². The minimum atomic E-state index is -4.01. The lowest BCUT2D eigenvalue weighted by molar-refractivity contribution is 0.477. The van der Waals surface area contributed by atoms with Crippen LogP contribution in [-0.2, 0) is 10.0 Å². The fourth-order valence-corrected chi connectivity index (χ4v) is 3.99. The van der Waals surface area contributed by atoms with Crippen LogP contribution in [0.2, 0.25) is 0 Å². The molecule has 19 heavy (non-hydrogen) atoms. The first-order valence-corrected chi connectivity index (χ1v) is 8.50. The van der Waals surface area contributed by atoms with E-state index in [1.54, 1.807) is 0 Å². The highest BCUT2D eigenvalue weighted by atomic mass is 79.9. The molecular formula is C12H14BrF2NO2S. The van der Waals surface area contributed by atoms with Gasteiger partial charge in [0.25, 0.3) is 0 Å². The van der Waals surface area contributed by atoms with Crippen molar-refractivity contribution >= 4 is 26.0 Å². The van der Waals surface area contributed by atoms with Crippen molar-refractivity contribution in [2.75, 3.05) is 11.9 Å². The van der Waals surface area contributed by atoms with Crippen molar-refractivity contribution in [1.82, 2.24) is 4.72 Å². The number of sulfonamides is 1. The molecule has 1 aromatic rings. The molecule has 0 spiro atoms. The van der Waals surface area contributed by atoms with Gasteiger partial charge in [-0.2, -0.15) is 0 Å². The Bertz CT molecular complexity index is 573. The predicted molar refractivity (Wildman–Crippen MR) is 71.6 cm³/mol. The Kier molecular flexibility index (Phi) is 4.27. The van der Waals surface area contributed by atoms with E-state index in [1.165, 1.54) is 0 Å². The van der Waals surface area contributed by atoms with Crippen molar-refractivity contribution in [3.63, 3.8) is 0 Å². The predicted octanol–water partition coefficient (Wildman–Crippen LogP) is 2.81. The fraction of sp³-hybridized carbons (Fsp3) is 0.500. The first-order valence-electron chi connectivity index (χ1n) is 5.89. The first kappa shape index (κ1) is 14.9. The molecule has 7 heteroatoms. The second-order valence-electron chi connectivity index (χ2n) is 4.84. The molecule has 0 aliphatic heterocycles. The molecule has 0 bridgehead atoms. The lowest BCUT2D eigenvalue weighted by atomic mass is 10.1. The largest absolute Gasteiger partial charge is 0.243 e. The second-order valence-corrected chi connectivity index (χ2v) is 7.37. The molecule has 0 unspecified atom stereocenters. The van der Waals surface area contributed by atoms with Crippen LogP contribution in [0.3, 0.4) is 0 Å². The smallest absolute Gasteiger partial charge is 0.210 e. The SMILES string of the molecule is O=S(=O)(NCC1(CCBr)CC1)c1cc(F)ccc1F. The van der Waals surface area contributed by atoms with Gasteiger partial charge in [0.2, 0.25) is 10.0 Å². The van der Waals surface area contributed by atoms with Crippen LogP contribution in [0.1, 0.15) is 19.3 Å². The minimum Gasteiger partial charge on any atom is -0.210 e. The molecule has 106 valence electrons. The number of rotatable bonds is 6. The number of hydrogen-bond donors (Lipinski definition) is 1. The molecule has 1 aliphatic carbocycles. The van der Waals surface area contributed by atoms with Crippen LogP contribution in [0.15, 0.2) is 23.1 Å². The van der Waals surface area contributed by atoms with Gasteiger partial charge in [0.1, 0.15) is 16.5 Å². The molecule has 3 nitrogen and oxygen atoms in total. The quantitative estimate of drug-likeness (QED) is 0.799. The molecule has 0 saturated heterocycles. The molecule has 1 N–H and O–H groups in total. The average Bonchev–Trinajstić information content (AvgIpc) is 3.11. The van der Waals surface area contributed by atoms with Crippen LogP contribution >= 0.6 is 15.9 Å². The molecule has 2 rings (SSSR count). The summed E-state index contributed by atoms with van der Waals surface area (Å²) in [5, 5.41) is 0.795. The van der Waals surface area contributed by atoms with Gasteiger partial charge >= 0.3 is 0 Å². The summed E-state index contributed by atoms with van der Waals surface area (Å²) in [6, 6.07) is 2.40. The zero-order valence-corrected chi connectivity index (χ0v) is 12.5. The van der Waals surface area contributed by atoms with Crippen LogP contribution < -0.4 is 4.72 Å². The molecule has 1 aromatic carbocycles. The third-order valence-electron chi connectivity index (χ3n) is 3.40. The van der Waals surface area contributed by atoms with E-state index in [9.17, 15) is 17.2 Å². The Hall–Kier alpha value is -0.530. The van der Waals surface area contributed by atoms with Gasteiger partial charge in [0.05, 0.1) is 0 Å². The van der Waals surface area contributed by atoms with Gasteiger partial charge in [-0.25, -0.2) is 21.9 Å². The normalized spacial score (nSPS) is 17.4. The number of nitrogens with one attached hydrogen (secondary N) is 1. The molecule has 1 saturated carbocycles. The summed E-state index contributed by atoms with van der Waals surface area (Å²) in [7, 11) is -4.01. The van der Waals surface area contributed by atoms with Crippen molar-refractivity contribution < 1.29 is 17.2 Å². The number of alkyl halides is 1. The fourth-order valence-electron chi connectivity index (χ4n) is 1.90. The maximum atomic E-state index is 13.5. The highest BCUT2D eigenvalue weighted by molar-refractivity contribution is 9.09. The summed E-state index contributed by atoms with van der Waals surface area (Å²) in [4.78, 5) is -0.637. The Morgan fingerprint density at radius 2 is 2.00 bits per heavy atom. The Balaban J connectivity index is 2.12. The molecule has 0 radical (unpaired) electrons. The van der Waals surface area contributed by atoms with Crippen molar-refractivity contribution in [3.8, 4) is 0 Å². The third kappa shape index (κ3) is 3.52. The topological polar surface area (TPSA) is 46.2 Å². The van der Waals surface area contributed by atoms with Crippen LogP contribution in [0.5, 0.6) is 0 Å². The molecule has 1 aliphatic rings. The third-order valence-corrected chi connectivity index (χ3v) is 5.21. The highest BCUT2D eigenvalue weighted by Gasteiger charge is 2.42. The van der Waals surface area contributed by atoms with Gasteiger partial charge in [-0.05, 0) is 42.9 Å². The van der Waals surface area contributed by atoms with Crippen LogP contribution in [0, 0.1) is 17.0 Å². The van der Waals surface area contributed by atoms with E-state index in [0.717, 1.165) is 36.7 Å². The molecule has 1 fully saturated rings. The van der Waals surface area contributed by atoms with Gasteiger partial charge in [-0.3, -0.25) is 0 Å². The zero-order valence-electron chi connectivity index (χ0n) is 10.1. The van der Waals surface area contributed by atoms with E-state index in [4.69, 9.17) is 0 Å². The van der Waals surface area contributed by atoms with Gasteiger partial charge in [-0.15, -0.1) is 0 Å². The molecule has 0 amide bonds. The summed E-state index contributed by atoms with van der Waals surface area (Å²) in [6.45, 7) is 0.261. The van der Waals surface area contributed by atoms with E-state index in [2.05, 4.69) is 20.7 Å². The summed E-state index contributed by atoms with van der Waals surface area (Å²) in [6.07, 6.45) is 2.76. The zero-order chi connectivity index (χ0) is 14.1. The maximum Gasteiger partial charge on any atom is 0.243 e. The lowest BCUT2D eigenvalue weighted by Crippen LogP contribution is -2.31. The molecular weight excluding hydrogens is 340 g/mol. The molecule has 0 aromatic heterocycles. The van der Waals surface area contributed by atoms with Gasteiger partial charge in [0.15, 0.2) is 0 Å². The van der Waals surface area contributed by atoms with E-state index < -0.39 is 26.6 Å². The molecule has 0 atom stereocenters. The summed E-state index contributed by atoms with van der Waals surface area (Å²) in [5.41, 5.74) is -0.0274. The number of hydrogen-bond acceptors (Lipinski definition) is 2. The van der Waals surface area contributed by atoms with Gasteiger partial charge in [-0.1, -0.05) is 15.9 Å². The Morgan fingerprint density at radius 1 is 1.32 bits per heavy atom. The summed E-state index contributed by atoms with van der Waals surface area (Å²) >= 11 is 3.32. The number of benzene rings is 1. The van der Waals surface area contributed by atoms with Gasteiger partial charge in [0, 0.05) is 11.9 Å². The standard InChI is InChI=1S/C12H14BrF2NO2S/c13-6-5-12(3-4-12)8-16-19(17,18)11-7-9(14)1-2-10(11)15/h1-2,7,16H,3-6,8H2. The minimum absolute atomic E-state index is 0.0274. The van der Waals surface area contributed by atoms with Crippen molar-refractivity contribution in [2.45, 2.75) is 24.2 Å². The highest BCUT2D eigenvalue weighted by Crippen LogP contribution is 2.48. The monoisotopic (exact) mass is 353 g/mol. The van der Waals surface area contributed by atoms with Gasteiger partial charge < -0.3 is 0 Å². The lowest BCUT2D eigenvalue weighted by Gasteiger charge is -2.15. The van der Waals surface area contributed by atoms with E-state index in [-0.39, 0.29) is 12.0 Å². The van der Waals surface area contributed by atoms with Crippen LogP contribution in [-0.4, -0.2) is 20.3 Å². The van der Waals surface area contributed by atoms with Crippen molar-refractivity contribution in [2.24, 2.45) is 5.41 Å². The van der Waals surface area contributed by atoms with E-state index in [1.807, 2.05) is 0 Å². The molecule has 0 heterocycles. The summed E-state index contributed by atoms with van der Waals surface area (Å²) < 4.78 is 52.8. The second kappa shape index (κ2) is 5.46. The van der Waals surface area contributed by atoms with Crippen molar-refractivity contribution in [1.29, 1.82) is 0 Å². The van der Waals surface area contributed by atoms with Crippen molar-refractivity contribution in [3.05, 3.63) is 29.8 Å². The maximum absolute atomic E-state index is 13.5. The summed E-state index contributed by atoms with van der Waals surface area (Å²) in [5.74, 6) is -1.72. The van der Waals surface area contributed by atoms with Crippen LogP contribution in [0.25, 0.3) is 0 Å². The Labute approximate surface area is 119 Å².